The van der Waals surface area contributed by atoms with Gasteiger partial charge in [0.2, 0.25) is 23.6 Å². The average molecular weight is 858 g/mol. The molecule has 0 radical (unpaired) electrons. The van der Waals surface area contributed by atoms with Crippen LogP contribution in [0.15, 0.2) is 30.3 Å². The van der Waals surface area contributed by atoms with E-state index < -0.39 is 66.3 Å². The van der Waals surface area contributed by atoms with Crippen molar-refractivity contribution in [3.8, 4) is 0 Å². The van der Waals surface area contributed by atoms with Gasteiger partial charge in [0.25, 0.3) is 0 Å². The van der Waals surface area contributed by atoms with Crippen LogP contribution in [0.2, 0.25) is 0 Å². The number of carboxylic acids is 2. The van der Waals surface area contributed by atoms with Crippen LogP contribution in [0.25, 0.3) is 0 Å². The van der Waals surface area contributed by atoms with Gasteiger partial charge in [-0.3, -0.25) is 24.1 Å². The van der Waals surface area contributed by atoms with Crippen LogP contribution in [0, 0.1) is 17.8 Å². The lowest BCUT2D eigenvalue weighted by atomic mass is 9.89. The summed E-state index contributed by atoms with van der Waals surface area (Å²) in [5.74, 6) is -5.84. The number of rotatable bonds is 19. The van der Waals surface area contributed by atoms with E-state index in [0.29, 0.717) is 19.4 Å². The van der Waals surface area contributed by atoms with E-state index in [-0.39, 0.29) is 48.4 Å². The molecular formula is C42H66F3N5O10. The van der Waals surface area contributed by atoms with Crippen molar-refractivity contribution in [2.75, 3.05) is 41.4 Å². The molecule has 2 aliphatic rings. The molecule has 0 bridgehead atoms. The molecule has 4 amide bonds. The highest BCUT2D eigenvalue weighted by molar-refractivity contribution is 5.90. The van der Waals surface area contributed by atoms with Crippen molar-refractivity contribution in [1.82, 2.24) is 25.3 Å². The summed E-state index contributed by atoms with van der Waals surface area (Å²) in [5.41, 5.74) is 0.788. The molecule has 2 saturated heterocycles. The number of carbonyl (C=O) groups is 6. The number of methoxy groups -OCH3 is 2. The number of halogens is 3. The Bertz CT molecular complexity index is 1570. The number of likely N-dealkylation sites (tertiary alicyclic amines) is 2. The number of piperidine rings is 1. The minimum atomic E-state index is -5.08. The van der Waals surface area contributed by atoms with Crippen molar-refractivity contribution in [1.29, 1.82) is 0 Å². The molecule has 1 unspecified atom stereocenters. The highest BCUT2D eigenvalue weighted by Gasteiger charge is 2.44. The Labute approximate surface area is 351 Å². The number of likely N-dealkylation sites (N-methyl/N-ethyl adjacent to an activating group) is 2. The molecule has 18 heteroatoms. The molecule has 2 aliphatic heterocycles. The first-order valence-corrected chi connectivity index (χ1v) is 20.6. The highest BCUT2D eigenvalue weighted by Crippen LogP contribution is 2.30. The van der Waals surface area contributed by atoms with Crippen LogP contribution in [0.4, 0.5) is 13.2 Å². The average Bonchev–Trinajstić information content (AvgIpc) is 3.69. The number of amides is 4. The Morgan fingerprint density at radius 3 is 2.03 bits per heavy atom. The first kappa shape index (κ1) is 51.8. The van der Waals surface area contributed by atoms with E-state index in [4.69, 9.17) is 19.4 Å². The van der Waals surface area contributed by atoms with E-state index in [1.54, 1.807) is 30.9 Å². The lowest BCUT2D eigenvalue weighted by molar-refractivity contribution is -0.192. The summed E-state index contributed by atoms with van der Waals surface area (Å²) >= 11 is 0. The number of nitrogens with one attached hydrogen (secondary N) is 2. The fourth-order valence-corrected chi connectivity index (χ4v) is 8.05. The standard InChI is InChI=1S/C40H65N5O8.C2HF3O2/c1-10-26(4)35(44(7)39(49)34(25(2)3)42-38(48)31-19-14-15-21-43(31)6)32(52-8)24-33(46)45-22-16-20-30(45)36(53-9)27(5)37(47)41-29(40(50)51)23-28-17-12-11-13-18-28;3-2(4,5)1(6)7/h11-13,17-18,25-27,29-32,34-36H,10,14-16,19-24H2,1-9H3,(H,41,47)(H,42,48)(H,50,51);(H,6,7)/t26-,27+,29-,30-,31?,32+,34-,35-,36+;/m0./s1. The molecule has 1 aromatic carbocycles. The van der Waals surface area contributed by atoms with Crippen LogP contribution >= 0.6 is 0 Å². The third kappa shape index (κ3) is 14.7. The molecule has 0 aromatic heterocycles. The SMILES string of the molecule is CC[C@H](C)[C@@H]([C@@H](CC(=O)N1CCC[C@H]1[C@H](OC)[C@@H](C)C(=O)N[C@@H](Cc1ccccc1)C(=O)O)OC)N(C)C(=O)[C@@H](NC(=O)C1CCCCN1C)C(C)C.O=C(O)C(F)(F)F. The molecule has 1 aromatic rings. The molecule has 4 N–H and O–H groups in total. The number of nitrogens with zero attached hydrogens (tertiary/aromatic N) is 3. The smallest absolute Gasteiger partial charge is 0.480 e. The second-order valence-electron chi connectivity index (χ2n) is 16.2. The maximum atomic E-state index is 14.2. The Hall–Kier alpha value is -4.29. The molecule has 60 heavy (non-hydrogen) atoms. The van der Waals surface area contributed by atoms with Gasteiger partial charge in [-0.05, 0) is 56.7 Å². The molecule has 340 valence electrons. The normalized spacial score (nSPS) is 20.6. The molecular weight excluding hydrogens is 791 g/mol. The van der Waals surface area contributed by atoms with Gasteiger partial charge in [0.15, 0.2) is 0 Å². The number of hydrogen-bond acceptors (Lipinski definition) is 9. The quantitative estimate of drug-likeness (QED) is 0.157. The van der Waals surface area contributed by atoms with Crippen LogP contribution < -0.4 is 10.6 Å². The van der Waals surface area contributed by atoms with E-state index in [1.165, 1.54) is 7.11 Å². The van der Waals surface area contributed by atoms with E-state index in [9.17, 15) is 42.3 Å². The van der Waals surface area contributed by atoms with Crippen LogP contribution in [0.3, 0.4) is 0 Å². The summed E-state index contributed by atoms with van der Waals surface area (Å²) in [6.07, 6.45) is -1.44. The Balaban J connectivity index is 0.00000162. The van der Waals surface area contributed by atoms with E-state index >= 15 is 0 Å². The summed E-state index contributed by atoms with van der Waals surface area (Å²) in [6, 6.07) is 6.10. The number of benzene rings is 1. The molecule has 3 rings (SSSR count). The Morgan fingerprint density at radius 1 is 0.917 bits per heavy atom. The molecule has 9 atom stereocenters. The lowest BCUT2D eigenvalue weighted by Crippen LogP contribution is -2.59. The van der Waals surface area contributed by atoms with E-state index in [1.807, 2.05) is 70.0 Å². The lowest BCUT2D eigenvalue weighted by Gasteiger charge is -2.41. The van der Waals surface area contributed by atoms with Crippen molar-refractivity contribution < 1.29 is 61.6 Å². The summed E-state index contributed by atoms with van der Waals surface area (Å²) in [5, 5.41) is 22.7. The van der Waals surface area contributed by atoms with Gasteiger partial charge in [0.05, 0.1) is 42.7 Å². The first-order valence-electron chi connectivity index (χ1n) is 20.6. The largest absolute Gasteiger partial charge is 0.490 e. The van der Waals surface area contributed by atoms with Crippen LogP contribution in [0.1, 0.15) is 85.1 Å². The van der Waals surface area contributed by atoms with Gasteiger partial charge in [-0.1, -0.05) is 77.8 Å². The summed E-state index contributed by atoms with van der Waals surface area (Å²) in [4.78, 5) is 81.7. The number of ether oxygens (including phenoxy) is 2. The van der Waals surface area contributed by atoms with Gasteiger partial charge < -0.3 is 40.1 Å². The third-order valence-electron chi connectivity index (χ3n) is 11.7. The van der Waals surface area contributed by atoms with Crippen LogP contribution in [-0.2, 0) is 44.7 Å². The van der Waals surface area contributed by atoms with Crippen molar-refractivity contribution >= 4 is 35.6 Å². The van der Waals surface area contributed by atoms with Gasteiger partial charge in [0, 0.05) is 34.2 Å². The molecule has 2 heterocycles. The minimum Gasteiger partial charge on any atom is -0.480 e. The number of aliphatic carboxylic acids is 2. The first-order chi connectivity index (χ1) is 28.1. The minimum absolute atomic E-state index is 0.000372. The molecule has 0 spiro atoms. The van der Waals surface area contributed by atoms with Crippen molar-refractivity contribution in [3.63, 3.8) is 0 Å². The number of alkyl halides is 3. The second-order valence-corrected chi connectivity index (χ2v) is 16.2. The van der Waals surface area contributed by atoms with Gasteiger partial charge in [-0.25, -0.2) is 9.59 Å². The number of carboxylic acid groups (broad SMARTS) is 2. The topological polar surface area (TPSA) is 195 Å². The Morgan fingerprint density at radius 2 is 1.53 bits per heavy atom. The fourth-order valence-electron chi connectivity index (χ4n) is 8.05. The van der Waals surface area contributed by atoms with Crippen LogP contribution in [-0.4, -0.2) is 150 Å². The van der Waals surface area contributed by atoms with Gasteiger partial charge in [0.1, 0.15) is 12.1 Å². The van der Waals surface area contributed by atoms with Crippen molar-refractivity contribution in [2.45, 2.75) is 135 Å². The summed E-state index contributed by atoms with van der Waals surface area (Å²) in [6.45, 7) is 10.9. The fraction of sp³-hybridized carbons (Fsp3) is 0.714. The second kappa shape index (κ2) is 24.2. The molecule has 2 fully saturated rings. The van der Waals surface area contributed by atoms with Crippen molar-refractivity contribution in [2.24, 2.45) is 17.8 Å². The summed E-state index contributed by atoms with van der Waals surface area (Å²) < 4.78 is 43.6. The highest BCUT2D eigenvalue weighted by atomic mass is 19.4. The predicted molar refractivity (Wildman–Crippen MR) is 217 cm³/mol. The number of carbonyl (C=O) groups excluding carboxylic acids is 4. The van der Waals surface area contributed by atoms with Crippen molar-refractivity contribution in [3.05, 3.63) is 35.9 Å². The summed E-state index contributed by atoms with van der Waals surface area (Å²) in [7, 11) is 6.72. The zero-order chi connectivity index (χ0) is 45.5. The predicted octanol–water partition coefficient (Wildman–Crippen LogP) is 3.98. The van der Waals surface area contributed by atoms with Gasteiger partial charge in [-0.2, -0.15) is 13.2 Å². The van der Waals surface area contributed by atoms with E-state index in [0.717, 1.165) is 37.8 Å². The zero-order valence-corrected chi connectivity index (χ0v) is 36.4. The van der Waals surface area contributed by atoms with Gasteiger partial charge >= 0.3 is 18.1 Å². The van der Waals surface area contributed by atoms with Gasteiger partial charge in [-0.15, -0.1) is 0 Å². The molecule has 15 nitrogen and oxygen atoms in total. The molecule has 0 aliphatic carbocycles. The monoisotopic (exact) mass is 857 g/mol. The maximum absolute atomic E-state index is 14.2. The number of hydrogen-bond donors (Lipinski definition) is 4. The third-order valence-corrected chi connectivity index (χ3v) is 11.7. The maximum Gasteiger partial charge on any atom is 0.490 e. The van der Waals surface area contributed by atoms with Crippen LogP contribution in [0.5, 0.6) is 0 Å². The van der Waals surface area contributed by atoms with E-state index in [2.05, 4.69) is 10.6 Å². The molecule has 0 saturated carbocycles. The Kier molecular flexibility index (Phi) is 20.9. The zero-order valence-electron chi connectivity index (χ0n) is 36.4.